The van der Waals surface area contributed by atoms with Gasteiger partial charge < -0.3 is 4.79 Å². The predicted molar refractivity (Wildman–Crippen MR) is 103 cm³/mol. The van der Waals surface area contributed by atoms with Crippen LogP contribution in [-0.2, 0) is 24.7 Å². The lowest BCUT2D eigenvalue weighted by Crippen LogP contribution is -2.40. The second-order valence-corrected chi connectivity index (χ2v) is 10.7. The van der Waals surface area contributed by atoms with Crippen LogP contribution in [-0.4, -0.2) is 46.8 Å². The standard InChI is InChI=1S/C19H21NO5S2/c1-26(22,23)18-8-4-16(5-9-18)17-6-10-19(11-7-17)27(24,25)20-12-2-3-15(13-20)14-21/h4-11,14-15H,2-3,12-13H2,1H3. The van der Waals surface area contributed by atoms with Gasteiger partial charge in [-0.15, -0.1) is 0 Å². The number of benzene rings is 2. The number of rotatable bonds is 5. The Morgan fingerprint density at radius 1 is 0.889 bits per heavy atom. The van der Waals surface area contributed by atoms with Crippen molar-refractivity contribution < 1.29 is 21.6 Å². The van der Waals surface area contributed by atoms with Gasteiger partial charge in [-0.05, 0) is 48.2 Å². The minimum absolute atomic E-state index is 0.186. The molecule has 1 saturated heterocycles. The largest absolute Gasteiger partial charge is 0.303 e. The van der Waals surface area contributed by atoms with Gasteiger partial charge in [0.25, 0.3) is 0 Å². The van der Waals surface area contributed by atoms with Crippen molar-refractivity contribution in [2.45, 2.75) is 22.6 Å². The fraction of sp³-hybridized carbons (Fsp3) is 0.316. The minimum atomic E-state index is -3.63. The van der Waals surface area contributed by atoms with Crippen LogP contribution < -0.4 is 0 Å². The van der Waals surface area contributed by atoms with Crippen molar-refractivity contribution in [1.29, 1.82) is 0 Å². The molecule has 1 aliphatic rings. The average molecular weight is 408 g/mol. The number of piperidine rings is 1. The van der Waals surface area contributed by atoms with Crippen molar-refractivity contribution in [2.24, 2.45) is 5.92 Å². The quantitative estimate of drug-likeness (QED) is 0.710. The summed E-state index contributed by atoms with van der Waals surface area (Å²) in [5, 5.41) is 0. The molecule has 0 amide bonds. The Morgan fingerprint density at radius 2 is 1.41 bits per heavy atom. The number of carbonyl (C=O) groups excluding carboxylic acids is 1. The number of hydrogen-bond donors (Lipinski definition) is 0. The summed E-state index contributed by atoms with van der Waals surface area (Å²) >= 11 is 0. The highest BCUT2D eigenvalue weighted by Crippen LogP contribution is 2.26. The van der Waals surface area contributed by atoms with E-state index in [1.165, 1.54) is 16.4 Å². The van der Waals surface area contributed by atoms with Gasteiger partial charge in [-0.25, -0.2) is 16.8 Å². The summed E-state index contributed by atoms with van der Waals surface area (Å²) in [6.07, 6.45) is 3.37. The van der Waals surface area contributed by atoms with E-state index in [2.05, 4.69) is 0 Å². The van der Waals surface area contributed by atoms with E-state index in [9.17, 15) is 21.6 Å². The van der Waals surface area contributed by atoms with Crippen molar-refractivity contribution in [3.8, 4) is 11.1 Å². The summed E-state index contributed by atoms with van der Waals surface area (Å²) < 4.78 is 50.0. The molecule has 27 heavy (non-hydrogen) atoms. The second-order valence-electron chi connectivity index (χ2n) is 6.72. The monoisotopic (exact) mass is 407 g/mol. The van der Waals surface area contributed by atoms with Crippen molar-refractivity contribution >= 4 is 26.1 Å². The summed E-state index contributed by atoms with van der Waals surface area (Å²) in [6.45, 7) is 0.641. The topological polar surface area (TPSA) is 88.6 Å². The molecule has 1 heterocycles. The fourth-order valence-corrected chi connectivity index (χ4v) is 5.33. The number of aldehydes is 1. The summed E-state index contributed by atoms with van der Waals surface area (Å²) in [4.78, 5) is 11.4. The zero-order chi connectivity index (χ0) is 19.7. The molecule has 0 saturated carbocycles. The molecule has 0 radical (unpaired) electrons. The van der Waals surface area contributed by atoms with E-state index in [1.54, 1.807) is 36.4 Å². The van der Waals surface area contributed by atoms with Crippen molar-refractivity contribution in [3.05, 3.63) is 48.5 Å². The zero-order valence-corrected chi connectivity index (χ0v) is 16.5. The first kappa shape index (κ1) is 19.7. The van der Waals surface area contributed by atoms with E-state index in [0.717, 1.165) is 30.1 Å². The molecule has 2 aromatic carbocycles. The molecule has 0 N–H and O–H groups in total. The zero-order valence-electron chi connectivity index (χ0n) is 14.9. The summed E-state index contributed by atoms with van der Waals surface area (Å²) in [5.41, 5.74) is 1.59. The Bertz CT molecular complexity index is 1030. The molecule has 6 nitrogen and oxygen atoms in total. The number of hydrogen-bond acceptors (Lipinski definition) is 5. The van der Waals surface area contributed by atoms with Crippen molar-refractivity contribution in [1.82, 2.24) is 4.31 Å². The van der Waals surface area contributed by atoms with Crippen LogP contribution in [0.25, 0.3) is 11.1 Å². The van der Waals surface area contributed by atoms with Crippen LogP contribution in [0.4, 0.5) is 0 Å². The van der Waals surface area contributed by atoms with Gasteiger partial charge >= 0.3 is 0 Å². The van der Waals surface area contributed by atoms with E-state index in [1.807, 2.05) is 0 Å². The fourth-order valence-electron chi connectivity index (χ4n) is 3.17. The molecule has 8 heteroatoms. The highest BCUT2D eigenvalue weighted by molar-refractivity contribution is 7.90. The summed E-state index contributed by atoms with van der Waals surface area (Å²) in [6, 6.07) is 12.9. The van der Waals surface area contributed by atoms with Gasteiger partial charge in [0.1, 0.15) is 6.29 Å². The van der Waals surface area contributed by atoms with Gasteiger partial charge in [-0.3, -0.25) is 0 Å². The first-order valence-corrected chi connectivity index (χ1v) is 11.9. The Labute approximate surface area is 159 Å². The van der Waals surface area contributed by atoms with E-state index < -0.39 is 19.9 Å². The lowest BCUT2D eigenvalue weighted by Gasteiger charge is -2.29. The van der Waals surface area contributed by atoms with E-state index in [0.29, 0.717) is 13.0 Å². The molecule has 3 rings (SSSR count). The van der Waals surface area contributed by atoms with Crippen molar-refractivity contribution in [2.75, 3.05) is 19.3 Å². The molecule has 0 spiro atoms. The molecular formula is C19H21NO5S2. The number of nitrogens with zero attached hydrogens (tertiary/aromatic N) is 1. The van der Waals surface area contributed by atoms with Crippen LogP contribution >= 0.6 is 0 Å². The third-order valence-corrected chi connectivity index (χ3v) is 7.73. The molecule has 1 fully saturated rings. The van der Waals surface area contributed by atoms with Gasteiger partial charge in [0, 0.05) is 25.3 Å². The Hall–Kier alpha value is -2.03. The number of sulfonamides is 1. The van der Waals surface area contributed by atoms with Gasteiger partial charge in [0.2, 0.25) is 10.0 Å². The first-order chi connectivity index (χ1) is 12.7. The summed E-state index contributed by atoms with van der Waals surface area (Å²) in [7, 11) is -6.89. The van der Waals surface area contributed by atoms with Crippen LogP contribution in [0.5, 0.6) is 0 Å². The molecule has 0 aliphatic carbocycles. The van der Waals surface area contributed by atoms with Crippen LogP contribution in [0.1, 0.15) is 12.8 Å². The second kappa shape index (κ2) is 7.53. The van der Waals surface area contributed by atoms with Gasteiger partial charge in [-0.2, -0.15) is 4.31 Å². The van der Waals surface area contributed by atoms with E-state index in [4.69, 9.17) is 0 Å². The molecular weight excluding hydrogens is 386 g/mol. The molecule has 1 atom stereocenters. The molecule has 0 bridgehead atoms. The summed E-state index contributed by atoms with van der Waals surface area (Å²) in [5.74, 6) is -0.249. The number of carbonyl (C=O) groups is 1. The van der Waals surface area contributed by atoms with Gasteiger partial charge in [0.15, 0.2) is 9.84 Å². The third kappa shape index (κ3) is 4.28. The van der Waals surface area contributed by atoms with Crippen LogP contribution in [0.15, 0.2) is 58.3 Å². The Kier molecular flexibility index (Phi) is 5.50. The third-order valence-electron chi connectivity index (χ3n) is 4.72. The predicted octanol–water partition coefficient (Wildman–Crippen LogP) is 2.36. The van der Waals surface area contributed by atoms with Gasteiger partial charge in [0.05, 0.1) is 9.79 Å². The lowest BCUT2D eigenvalue weighted by atomic mass is 10.0. The first-order valence-electron chi connectivity index (χ1n) is 8.58. The normalized spacial score (nSPS) is 18.9. The maximum Gasteiger partial charge on any atom is 0.243 e. The molecule has 1 unspecified atom stereocenters. The Balaban J connectivity index is 1.83. The molecule has 1 aliphatic heterocycles. The minimum Gasteiger partial charge on any atom is -0.303 e. The molecule has 144 valence electrons. The van der Waals surface area contributed by atoms with E-state index >= 15 is 0 Å². The lowest BCUT2D eigenvalue weighted by molar-refractivity contribution is -0.112. The molecule has 2 aromatic rings. The number of sulfone groups is 1. The van der Waals surface area contributed by atoms with Crippen LogP contribution in [0.2, 0.25) is 0 Å². The average Bonchev–Trinajstić information content (AvgIpc) is 2.67. The van der Waals surface area contributed by atoms with Crippen molar-refractivity contribution in [3.63, 3.8) is 0 Å². The Morgan fingerprint density at radius 3 is 1.89 bits per heavy atom. The smallest absolute Gasteiger partial charge is 0.243 e. The van der Waals surface area contributed by atoms with E-state index in [-0.39, 0.29) is 22.3 Å². The van der Waals surface area contributed by atoms with Crippen LogP contribution in [0.3, 0.4) is 0 Å². The van der Waals surface area contributed by atoms with Crippen LogP contribution in [0, 0.1) is 5.92 Å². The SMILES string of the molecule is CS(=O)(=O)c1ccc(-c2ccc(S(=O)(=O)N3CCCC(C=O)C3)cc2)cc1. The van der Waals surface area contributed by atoms with Gasteiger partial charge in [-0.1, -0.05) is 24.3 Å². The maximum absolute atomic E-state index is 12.8. The highest BCUT2D eigenvalue weighted by atomic mass is 32.2. The molecule has 0 aromatic heterocycles. The highest BCUT2D eigenvalue weighted by Gasteiger charge is 2.30. The maximum atomic E-state index is 12.8.